The lowest BCUT2D eigenvalue weighted by Crippen LogP contribution is -2.13. The molecule has 1 amide bonds. The van der Waals surface area contributed by atoms with Gasteiger partial charge in [0.15, 0.2) is 5.15 Å². The Labute approximate surface area is 149 Å². The van der Waals surface area contributed by atoms with Crippen LogP contribution >= 0.6 is 24.2 Å². The molecule has 122 valence electrons. The Hall–Kier alpha value is -2.38. The van der Waals surface area contributed by atoms with E-state index in [0.717, 1.165) is 11.3 Å². The van der Waals surface area contributed by atoms with Crippen molar-refractivity contribution >= 4 is 35.8 Å². The summed E-state index contributed by atoms with van der Waals surface area (Å²) in [4.78, 5) is 20.2. The molecule has 0 bridgehead atoms. The molecule has 1 N–H and O–H groups in total. The third-order valence-electron chi connectivity index (χ3n) is 3.32. The second-order valence-corrected chi connectivity index (χ2v) is 6.02. The maximum atomic E-state index is 12.2. The Morgan fingerprint density at radius 3 is 2.75 bits per heavy atom. The number of aromatic nitrogens is 4. The number of anilines is 1. The molecule has 3 aromatic rings. The van der Waals surface area contributed by atoms with E-state index in [4.69, 9.17) is 11.6 Å². The summed E-state index contributed by atoms with van der Waals surface area (Å²) in [5, 5.41) is 6.93. The molecule has 0 aromatic carbocycles. The molecule has 0 spiro atoms. The number of amides is 1. The molecule has 0 aliphatic heterocycles. The van der Waals surface area contributed by atoms with Gasteiger partial charge in [-0.2, -0.15) is 17.7 Å². The minimum Gasteiger partial charge on any atom is -0.322 e. The molecule has 0 aliphatic rings. The predicted octanol–water partition coefficient (Wildman–Crippen LogP) is 3.32. The van der Waals surface area contributed by atoms with Crippen molar-refractivity contribution in [3.63, 3.8) is 0 Å². The highest BCUT2D eigenvalue weighted by Crippen LogP contribution is 2.25. The lowest BCUT2D eigenvalue weighted by atomic mass is 10.1. The maximum absolute atomic E-state index is 12.2. The number of carbonyl (C=O) groups is 1. The van der Waals surface area contributed by atoms with Gasteiger partial charge >= 0.3 is 0 Å². The molecule has 1 unspecified atom stereocenters. The van der Waals surface area contributed by atoms with E-state index in [-0.39, 0.29) is 22.7 Å². The number of carbonyl (C=O) groups excluding carboxylic acids is 1. The summed E-state index contributed by atoms with van der Waals surface area (Å²) in [6, 6.07) is 7.30. The highest BCUT2D eigenvalue weighted by atomic mass is 35.5. The molecule has 3 heterocycles. The van der Waals surface area contributed by atoms with Crippen LogP contribution in [0.1, 0.15) is 17.2 Å². The highest BCUT2D eigenvalue weighted by Gasteiger charge is 2.15. The number of halogens is 1. The molecule has 0 radical (unpaired) electrons. The summed E-state index contributed by atoms with van der Waals surface area (Å²) in [5.41, 5.74) is 2.13. The Bertz CT molecular complexity index is 825. The number of hydrogen-bond acceptors (Lipinski definition) is 5. The minimum absolute atomic E-state index is 0.195. The van der Waals surface area contributed by atoms with E-state index >= 15 is 0 Å². The second-order valence-electron chi connectivity index (χ2n) is 5.04. The average Bonchev–Trinajstić information content (AvgIpc) is 2.97. The standard InChI is InChI=1S/C16H14ClN5OS/c17-16-13(10-22(21-16)12-2-1-5-19-9-12)20-15(23)8-14(24)11-3-6-18-7-4-11/h1-7,9-10,14,24H,8H2,(H,20,23). The van der Waals surface area contributed by atoms with Gasteiger partial charge in [-0.25, -0.2) is 4.68 Å². The summed E-state index contributed by atoms with van der Waals surface area (Å²) in [5.74, 6) is -0.195. The molecule has 8 heteroatoms. The molecule has 0 saturated carbocycles. The van der Waals surface area contributed by atoms with E-state index in [2.05, 4.69) is 33.0 Å². The quantitative estimate of drug-likeness (QED) is 0.685. The van der Waals surface area contributed by atoms with Crippen LogP contribution in [0.15, 0.2) is 55.2 Å². The lowest BCUT2D eigenvalue weighted by Gasteiger charge is -2.10. The summed E-state index contributed by atoms with van der Waals surface area (Å²) < 4.78 is 1.56. The zero-order chi connectivity index (χ0) is 16.9. The number of nitrogens with zero attached hydrogens (tertiary/aromatic N) is 4. The molecule has 3 rings (SSSR count). The first-order valence-corrected chi connectivity index (χ1v) is 8.06. The topological polar surface area (TPSA) is 72.7 Å². The fourth-order valence-electron chi connectivity index (χ4n) is 2.14. The fourth-order valence-corrected chi connectivity index (χ4v) is 2.65. The maximum Gasteiger partial charge on any atom is 0.225 e. The van der Waals surface area contributed by atoms with Crippen LogP contribution in [0.25, 0.3) is 5.69 Å². The molecule has 6 nitrogen and oxygen atoms in total. The molecule has 0 saturated heterocycles. The van der Waals surface area contributed by atoms with E-state index in [1.807, 2.05) is 18.2 Å². The van der Waals surface area contributed by atoms with Crippen molar-refractivity contribution in [3.8, 4) is 5.69 Å². The first-order chi connectivity index (χ1) is 11.6. The third-order valence-corrected chi connectivity index (χ3v) is 4.08. The summed E-state index contributed by atoms with van der Waals surface area (Å²) >= 11 is 10.6. The zero-order valence-corrected chi connectivity index (χ0v) is 14.2. The van der Waals surface area contributed by atoms with Crippen molar-refractivity contribution in [3.05, 3.63) is 66.0 Å². The smallest absolute Gasteiger partial charge is 0.225 e. The Morgan fingerprint density at radius 1 is 1.25 bits per heavy atom. The molecule has 1 atom stereocenters. The van der Waals surface area contributed by atoms with Crippen molar-refractivity contribution in [1.82, 2.24) is 19.7 Å². The fraction of sp³-hybridized carbons (Fsp3) is 0.125. The van der Waals surface area contributed by atoms with Gasteiger partial charge in [0.1, 0.15) is 0 Å². The van der Waals surface area contributed by atoms with Gasteiger partial charge in [0.05, 0.1) is 23.8 Å². The van der Waals surface area contributed by atoms with E-state index in [0.29, 0.717) is 5.69 Å². The van der Waals surface area contributed by atoms with Crippen LogP contribution in [0.4, 0.5) is 5.69 Å². The predicted molar refractivity (Wildman–Crippen MR) is 95.6 cm³/mol. The SMILES string of the molecule is O=C(CC(S)c1ccncc1)Nc1cn(-c2cccnc2)nc1Cl. The van der Waals surface area contributed by atoms with Gasteiger partial charge in [-0.3, -0.25) is 14.8 Å². The van der Waals surface area contributed by atoms with Crippen LogP contribution in [0.3, 0.4) is 0 Å². The third kappa shape index (κ3) is 3.93. The van der Waals surface area contributed by atoms with Crippen molar-refractivity contribution in [1.29, 1.82) is 0 Å². The Kier molecular flexibility index (Phi) is 5.12. The first kappa shape index (κ1) is 16.5. The number of nitrogens with one attached hydrogen (secondary N) is 1. The molecule has 0 fully saturated rings. The molecular formula is C16H14ClN5OS. The Morgan fingerprint density at radius 2 is 2.04 bits per heavy atom. The van der Waals surface area contributed by atoms with Crippen molar-refractivity contribution < 1.29 is 4.79 Å². The van der Waals surface area contributed by atoms with Gasteiger partial charge < -0.3 is 5.32 Å². The summed E-state index contributed by atoms with van der Waals surface area (Å²) in [6.07, 6.45) is 8.53. The number of rotatable bonds is 5. The normalized spacial score (nSPS) is 11.9. The monoisotopic (exact) mass is 359 g/mol. The number of thiol groups is 1. The van der Waals surface area contributed by atoms with Crippen molar-refractivity contribution in [2.75, 3.05) is 5.32 Å². The van der Waals surface area contributed by atoms with Gasteiger partial charge in [-0.05, 0) is 29.8 Å². The van der Waals surface area contributed by atoms with Crippen LogP contribution in [-0.2, 0) is 4.79 Å². The molecule has 0 aliphatic carbocycles. The van der Waals surface area contributed by atoms with Crippen LogP contribution in [0.2, 0.25) is 5.15 Å². The van der Waals surface area contributed by atoms with Crippen molar-refractivity contribution in [2.45, 2.75) is 11.7 Å². The average molecular weight is 360 g/mol. The first-order valence-electron chi connectivity index (χ1n) is 7.17. The Balaban J connectivity index is 1.68. The number of pyridine rings is 2. The lowest BCUT2D eigenvalue weighted by molar-refractivity contribution is -0.116. The van der Waals surface area contributed by atoms with Crippen LogP contribution in [0, 0.1) is 0 Å². The molecular weight excluding hydrogens is 346 g/mol. The minimum atomic E-state index is -0.222. The van der Waals surface area contributed by atoms with E-state index in [9.17, 15) is 4.79 Å². The van der Waals surface area contributed by atoms with Gasteiger partial charge in [0.2, 0.25) is 5.91 Å². The van der Waals surface area contributed by atoms with E-state index in [1.54, 1.807) is 41.7 Å². The van der Waals surface area contributed by atoms with Crippen molar-refractivity contribution in [2.24, 2.45) is 0 Å². The van der Waals surface area contributed by atoms with Gasteiger partial charge in [0, 0.05) is 30.3 Å². The largest absolute Gasteiger partial charge is 0.322 e. The molecule has 24 heavy (non-hydrogen) atoms. The van der Waals surface area contributed by atoms with Gasteiger partial charge in [-0.1, -0.05) is 11.6 Å². The van der Waals surface area contributed by atoms with E-state index < -0.39 is 0 Å². The van der Waals surface area contributed by atoms with E-state index in [1.165, 1.54) is 0 Å². The van der Waals surface area contributed by atoms with Crippen LogP contribution in [0.5, 0.6) is 0 Å². The van der Waals surface area contributed by atoms with Crippen LogP contribution < -0.4 is 5.32 Å². The second kappa shape index (κ2) is 7.46. The van der Waals surface area contributed by atoms with Gasteiger partial charge in [0.25, 0.3) is 0 Å². The summed E-state index contributed by atoms with van der Waals surface area (Å²) in [6.45, 7) is 0. The van der Waals surface area contributed by atoms with Gasteiger partial charge in [-0.15, -0.1) is 0 Å². The highest BCUT2D eigenvalue weighted by molar-refractivity contribution is 7.80. The van der Waals surface area contributed by atoms with Crippen LogP contribution in [-0.4, -0.2) is 25.7 Å². The number of hydrogen-bond donors (Lipinski definition) is 2. The molecule has 3 aromatic heterocycles. The zero-order valence-electron chi connectivity index (χ0n) is 12.5. The summed E-state index contributed by atoms with van der Waals surface area (Å²) in [7, 11) is 0.